The van der Waals surface area contributed by atoms with Crippen molar-refractivity contribution in [2.75, 3.05) is 18.1 Å². The summed E-state index contributed by atoms with van der Waals surface area (Å²) in [7, 11) is 0. The predicted molar refractivity (Wildman–Crippen MR) is 78.7 cm³/mol. The molecule has 0 aromatic rings. The van der Waals surface area contributed by atoms with E-state index in [0.717, 1.165) is 5.75 Å². The van der Waals surface area contributed by atoms with Crippen molar-refractivity contribution in [3.8, 4) is 12.3 Å². The first-order valence-corrected chi connectivity index (χ1v) is 7.75. The van der Waals surface area contributed by atoms with Crippen molar-refractivity contribution in [3.05, 3.63) is 0 Å². The highest BCUT2D eigenvalue weighted by molar-refractivity contribution is 7.99. The van der Waals surface area contributed by atoms with E-state index in [9.17, 15) is 9.59 Å². The van der Waals surface area contributed by atoms with Crippen molar-refractivity contribution in [1.82, 2.24) is 10.2 Å². The Balaban J connectivity index is 2.62. The molecule has 0 aromatic heterocycles. The standard InChI is InChI=1S/C14H22N2O2S/c1-5-7-19-8-6-16-11(4)13(17)15-12(14(16)18)9-10(2)3/h1,10-12H,6-9H2,2-4H3,(H,15,17). The Morgan fingerprint density at radius 3 is 2.74 bits per heavy atom. The van der Waals surface area contributed by atoms with Gasteiger partial charge in [0.25, 0.3) is 0 Å². The summed E-state index contributed by atoms with van der Waals surface area (Å²) >= 11 is 1.61. The molecule has 1 aliphatic heterocycles. The molecule has 1 fully saturated rings. The quantitative estimate of drug-likeness (QED) is 0.586. The second-order valence-corrected chi connectivity index (χ2v) is 6.26. The number of carbonyl (C=O) groups is 2. The van der Waals surface area contributed by atoms with Crippen molar-refractivity contribution in [2.24, 2.45) is 5.92 Å². The molecule has 2 atom stereocenters. The van der Waals surface area contributed by atoms with Crippen LogP contribution in [0.25, 0.3) is 0 Å². The lowest BCUT2D eigenvalue weighted by atomic mass is 9.99. The van der Waals surface area contributed by atoms with Crippen LogP contribution in [-0.4, -0.2) is 46.8 Å². The van der Waals surface area contributed by atoms with Gasteiger partial charge < -0.3 is 10.2 Å². The van der Waals surface area contributed by atoms with Gasteiger partial charge in [-0.15, -0.1) is 18.2 Å². The van der Waals surface area contributed by atoms with Gasteiger partial charge in [-0.2, -0.15) is 0 Å². The van der Waals surface area contributed by atoms with E-state index in [0.29, 0.717) is 24.6 Å². The number of thioether (sulfide) groups is 1. The smallest absolute Gasteiger partial charge is 0.245 e. The maximum atomic E-state index is 12.3. The lowest BCUT2D eigenvalue weighted by molar-refractivity contribution is -0.148. The topological polar surface area (TPSA) is 49.4 Å². The lowest BCUT2D eigenvalue weighted by Gasteiger charge is -2.37. The van der Waals surface area contributed by atoms with Crippen LogP contribution in [0.2, 0.25) is 0 Å². The van der Waals surface area contributed by atoms with Gasteiger partial charge in [-0.3, -0.25) is 9.59 Å². The molecule has 0 radical (unpaired) electrons. The van der Waals surface area contributed by atoms with Crippen LogP contribution in [0.3, 0.4) is 0 Å². The SMILES string of the molecule is C#CCSCCN1C(=O)C(CC(C)C)NC(=O)C1C. The van der Waals surface area contributed by atoms with Gasteiger partial charge in [0, 0.05) is 12.3 Å². The number of hydrogen-bond acceptors (Lipinski definition) is 3. The molecule has 1 rings (SSSR count). The number of nitrogens with one attached hydrogen (secondary N) is 1. The van der Waals surface area contributed by atoms with Crippen molar-refractivity contribution in [3.63, 3.8) is 0 Å². The Labute approximate surface area is 119 Å². The first-order valence-electron chi connectivity index (χ1n) is 6.59. The van der Waals surface area contributed by atoms with Crippen LogP contribution in [0.4, 0.5) is 0 Å². The van der Waals surface area contributed by atoms with Crippen LogP contribution >= 0.6 is 11.8 Å². The number of terminal acetylenes is 1. The Bertz CT molecular complexity index is 376. The minimum absolute atomic E-state index is 0.0297. The van der Waals surface area contributed by atoms with E-state index >= 15 is 0 Å². The van der Waals surface area contributed by atoms with Crippen LogP contribution in [0.1, 0.15) is 27.2 Å². The molecule has 1 heterocycles. The molecule has 0 aliphatic carbocycles. The van der Waals surface area contributed by atoms with Crippen LogP contribution in [-0.2, 0) is 9.59 Å². The molecule has 2 unspecified atom stereocenters. The normalized spacial score (nSPS) is 23.4. The van der Waals surface area contributed by atoms with E-state index < -0.39 is 0 Å². The molecule has 0 bridgehead atoms. The Morgan fingerprint density at radius 2 is 2.16 bits per heavy atom. The van der Waals surface area contributed by atoms with E-state index in [1.54, 1.807) is 23.6 Å². The highest BCUT2D eigenvalue weighted by Gasteiger charge is 2.37. The van der Waals surface area contributed by atoms with Gasteiger partial charge >= 0.3 is 0 Å². The van der Waals surface area contributed by atoms with E-state index in [4.69, 9.17) is 6.42 Å². The Morgan fingerprint density at radius 1 is 1.47 bits per heavy atom. The fraction of sp³-hybridized carbons (Fsp3) is 0.714. The molecule has 0 aromatic carbocycles. The number of piperazine rings is 1. The molecular weight excluding hydrogens is 260 g/mol. The lowest BCUT2D eigenvalue weighted by Crippen LogP contribution is -2.62. The minimum atomic E-state index is -0.387. The Hall–Kier alpha value is -1.15. The molecule has 1 aliphatic rings. The van der Waals surface area contributed by atoms with Crippen LogP contribution in [0.5, 0.6) is 0 Å². The van der Waals surface area contributed by atoms with Gasteiger partial charge in [-0.1, -0.05) is 19.8 Å². The first-order chi connectivity index (χ1) is 8.97. The van der Waals surface area contributed by atoms with Crippen molar-refractivity contribution in [2.45, 2.75) is 39.3 Å². The monoisotopic (exact) mass is 282 g/mol. The number of amides is 2. The summed E-state index contributed by atoms with van der Waals surface area (Å²) in [5.41, 5.74) is 0. The first kappa shape index (κ1) is 15.9. The summed E-state index contributed by atoms with van der Waals surface area (Å²) in [6.45, 7) is 6.44. The molecule has 1 N–H and O–H groups in total. The molecule has 106 valence electrons. The third-order valence-corrected chi connectivity index (χ3v) is 3.96. The summed E-state index contributed by atoms with van der Waals surface area (Å²) in [5.74, 6) is 4.30. The summed E-state index contributed by atoms with van der Waals surface area (Å²) < 4.78 is 0. The largest absolute Gasteiger partial charge is 0.343 e. The average molecular weight is 282 g/mol. The minimum Gasteiger partial charge on any atom is -0.343 e. The molecule has 0 spiro atoms. The maximum Gasteiger partial charge on any atom is 0.245 e. The summed E-state index contributed by atoms with van der Waals surface area (Å²) in [5, 5.41) is 2.81. The van der Waals surface area contributed by atoms with Crippen LogP contribution in [0.15, 0.2) is 0 Å². The third kappa shape index (κ3) is 4.46. The zero-order valence-electron chi connectivity index (χ0n) is 11.8. The molecule has 5 heteroatoms. The van der Waals surface area contributed by atoms with Crippen LogP contribution < -0.4 is 5.32 Å². The molecule has 19 heavy (non-hydrogen) atoms. The summed E-state index contributed by atoms with van der Waals surface area (Å²) in [6, 6.07) is -0.760. The fourth-order valence-corrected chi connectivity index (χ4v) is 2.70. The van der Waals surface area contributed by atoms with E-state index in [1.165, 1.54) is 0 Å². The molecule has 1 saturated heterocycles. The number of carbonyl (C=O) groups excluding carboxylic acids is 2. The second-order valence-electron chi connectivity index (χ2n) is 5.16. The molecular formula is C14H22N2O2S. The van der Waals surface area contributed by atoms with Gasteiger partial charge in [0.05, 0.1) is 5.75 Å². The number of rotatable bonds is 6. The maximum absolute atomic E-state index is 12.3. The van der Waals surface area contributed by atoms with Crippen molar-refractivity contribution < 1.29 is 9.59 Å². The third-order valence-electron chi connectivity index (χ3n) is 3.11. The zero-order valence-corrected chi connectivity index (χ0v) is 12.6. The van der Waals surface area contributed by atoms with Gasteiger partial charge in [0.2, 0.25) is 11.8 Å². The van der Waals surface area contributed by atoms with Gasteiger partial charge in [0.1, 0.15) is 12.1 Å². The fourth-order valence-electron chi connectivity index (χ4n) is 2.12. The van der Waals surface area contributed by atoms with Crippen molar-refractivity contribution in [1.29, 1.82) is 0 Å². The predicted octanol–water partition coefficient (Wildman–Crippen LogP) is 1.11. The second kappa shape index (κ2) is 7.44. The zero-order chi connectivity index (χ0) is 14.4. The van der Waals surface area contributed by atoms with E-state index in [-0.39, 0.29) is 23.9 Å². The number of nitrogens with zero attached hydrogens (tertiary/aromatic N) is 1. The van der Waals surface area contributed by atoms with E-state index in [2.05, 4.69) is 11.2 Å². The van der Waals surface area contributed by atoms with Gasteiger partial charge in [0.15, 0.2) is 0 Å². The average Bonchev–Trinajstić information content (AvgIpc) is 2.34. The summed E-state index contributed by atoms with van der Waals surface area (Å²) in [4.78, 5) is 25.9. The Kier molecular flexibility index (Phi) is 6.23. The highest BCUT2D eigenvalue weighted by atomic mass is 32.2. The van der Waals surface area contributed by atoms with Crippen LogP contribution in [0, 0.1) is 18.3 Å². The van der Waals surface area contributed by atoms with Crippen molar-refractivity contribution >= 4 is 23.6 Å². The number of hydrogen-bond donors (Lipinski definition) is 1. The molecule has 2 amide bonds. The van der Waals surface area contributed by atoms with Gasteiger partial charge in [-0.25, -0.2) is 0 Å². The molecule has 4 nitrogen and oxygen atoms in total. The molecule has 0 saturated carbocycles. The highest BCUT2D eigenvalue weighted by Crippen LogP contribution is 2.16. The summed E-state index contributed by atoms with van der Waals surface area (Å²) in [6.07, 6.45) is 5.87. The van der Waals surface area contributed by atoms with Gasteiger partial charge in [-0.05, 0) is 19.3 Å². The van der Waals surface area contributed by atoms with E-state index in [1.807, 2.05) is 13.8 Å².